The average molecular weight is 397 g/mol. The van der Waals surface area contributed by atoms with Crippen LogP contribution in [0, 0.1) is 11.6 Å². The van der Waals surface area contributed by atoms with Crippen LogP contribution in [0.1, 0.15) is 27.7 Å². The number of carbonyl (C=O) groups excluding carboxylic acids is 1. The monoisotopic (exact) mass is 397 g/mol. The second-order valence-corrected chi connectivity index (χ2v) is 8.17. The first kappa shape index (κ1) is 18.8. The molecule has 1 aliphatic rings. The maximum Gasteiger partial charge on any atom is 0.305 e. The van der Waals surface area contributed by atoms with Crippen molar-refractivity contribution in [3.63, 3.8) is 0 Å². The summed E-state index contributed by atoms with van der Waals surface area (Å²) in [6, 6.07) is 5.39. The maximum atomic E-state index is 13.5. The van der Waals surface area contributed by atoms with Crippen LogP contribution in [0.2, 0.25) is 0 Å². The van der Waals surface area contributed by atoms with Gasteiger partial charge < -0.3 is 10.0 Å². The first-order valence-corrected chi connectivity index (χ1v) is 10.0. The summed E-state index contributed by atoms with van der Waals surface area (Å²) in [4.78, 5) is 26.6. The Morgan fingerprint density at radius 2 is 2.04 bits per heavy atom. The van der Waals surface area contributed by atoms with E-state index in [1.165, 1.54) is 27.6 Å². The van der Waals surface area contributed by atoms with Gasteiger partial charge in [0, 0.05) is 18.0 Å². The van der Waals surface area contributed by atoms with E-state index in [0.717, 1.165) is 29.9 Å². The molecule has 8 heteroatoms. The number of benzene rings is 1. The normalized spacial score (nSPS) is 16.2. The van der Waals surface area contributed by atoms with Crippen molar-refractivity contribution < 1.29 is 23.5 Å². The Balaban J connectivity index is 1.82. The lowest BCUT2D eigenvalue weighted by Gasteiger charge is -2.29. The molecule has 0 bridgehead atoms. The van der Waals surface area contributed by atoms with Crippen LogP contribution in [-0.4, -0.2) is 34.2 Å². The van der Waals surface area contributed by atoms with Gasteiger partial charge in [-0.1, -0.05) is 6.07 Å². The number of rotatable bonds is 6. The van der Waals surface area contributed by atoms with Gasteiger partial charge in [0.15, 0.2) is 11.6 Å². The van der Waals surface area contributed by atoms with E-state index in [2.05, 4.69) is 0 Å². The molecule has 0 saturated heterocycles. The van der Waals surface area contributed by atoms with E-state index in [0.29, 0.717) is 5.56 Å². The predicted octanol–water partition coefficient (Wildman–Crippen LogP) is 3.86. The molecule has 1 amide bonds. The molecular weight excluding hydrogens is 380 g/mol. The fourth-order valence-corrected chi connectivity index (χ4v) is 5.25. The molecule has 0 spiro atoms. The van der Waals surface area contributed by atoms with E-state index in [4.69, 9.17) is 5.11 Å². The van der Waals surface area contributed by atoms with Crippen LogP contribution in [0.3, 0.4) is 0 Å². The van der Waals surface area contributed by atoms with Gasteiger partial charge in [0.2, 0.25) is 5.91 Å². The quantitative estimate of drug-likeness (QED) is 0.804. The molecule has 26 heavy (non-hydrogen) atoms. The van der Waals surface area contributed by atoms with Crippen LogP contribution in [0.25, 0.3) is 0 Å². The molecule has 0 radical (unpaired) electrons. The van der Waals surface area contributed by atoms with Crippen molar-refractivity contribution in [3.8, 4) is 0 Å². The Hall–Kier alpha value is -1.93. The molecule has 2 heterocycles. The zero-order valence-electron chi connectivity index (χ0n) is 13.8. The molecule has 1 unspecified atom stereocenters. The van der Waals surface area contributed by atoms with Gasteiger partial charge >= 0.3 is 5.97 Å². The minimum absolute atomic E-state index is 0.0176. The maximum absolute atomic E-state index is 13.5. The van der Waals surface area contributed by atoms with E-state index in [9.17, 15) is 18.4 Å². The summed E-state index contributed by atoms with van der Waals surface area (Å²) in [6.07, 6.45) is 0.711. The summed E-state index contributed by atoms with van der Waals surface area (Å²) in [5.41, 5.74) is 1.40. The number of aliphatic carboxylic acids is 1. The predicted molar refractivity (Wildman–Crippen MR) is 97.2 cm³/mol. The Morgan fingerprint density at radius 1 is 1.23 bits per heavy atom. The van der Waals surface area contributed by atoms with Crippen LogP contribution in [-0.2, 0) is 22.6 Å². The molecule has 1 N–H and O–H groups in total. The van der Waals surface area contributed by atoms with Gasteiger partial charge in [-0.05, 0) is 46.9 Å². The summed E-state index contributed by atoms with van der Waals surface area (Å²) in [5.74, 6) is -2.33. The highest BCUT2D eigenvalue weighted by molar-refractivity contribution is 8.00. The summed E-state index contributed by atoms with van der Waals surface area (Å²) in [7, 11) is 0. The lowest BCUT2D eigenvalue weighted by molar-refractivity contribution is -0.138. The van der Waals surface area contributed by atoms with Gasteiger partial charge in [-0.2, -0.15) is 0 Å². The van der Waals surface area contributed by atoms with Crippen LogP contribution >= 0.6 is 23.1 Å². The number of carboxylic acid groups (broad SMARTS) is 1. The number of halogens is 2. The molecule has 0 saturated carbocycles. The van der Waals surface area contributed by atoms with E-state index in [1.54, 1.807) is 11.3 Å². The third-order valence-corrected chi connectivity index (χ3v) is 6.39. The van der Waals surface area contributed by atoms with Crippen molar-refractivity contribution in [1.82, 2.24) is 4.90 Å². The fourth-order valence-electron chi connectivity index (χ4n) is 2.87. The first-order chi connectivity index (χ1) is 12.5. The SMILES string of the molecule is O=C(O)CCN(Cc1ccc(F)c(F)c1)C(=O)C1SCCc2sccc21. The van der Waals surface area contributed by atoms with E-state index in [-0.39, 0.29) is 30.7 Å². The molecule has 1 aromatic heterocycles. The molecule has 0 fully saturated rings. The minimum atomic E-state index is -1.01. The number of hydrogen-bond acceptors (Lipinski definition) is 4. The Kier molecular flexibility index (Phi) is 5.93. The second-order valence-electron chi connectivity index (χ2n) is 5.95. The fraction of sp³-hybridized carbons (Fsp3) is 0.333. The molecule has 2 aromatic rings. The number of thiophene rings is 1. The smallest absolute Gasteiger partial charge is 0.305 e. The van der Waals surface area contributed by atoms with Gasteiger partial charge in [0.25, 0.3) is 0 Å². The zero-order chi connectivity index (χ0) is 18.7. The highest BCUT2D eigenvalue weighted by Crippen LogP contribution is 2.40. The molecular formula is C18H17F2NO3S2. The number of fused-ring (bicyclic) bond motifs is 1. The van der Waals surface area contributed by atoms with Crippen LogP contribution in [0.15, 0.2) is 29.6 Å². The third-order valence-electron chi connectivity index (χ3n) is 4.16. The lowest BCUT2D eigenvalue weighted by atomic mass is 10.1. The molecule has 138 valence electrons. The number of thioether (sulfide) groups is 1. The number of amides is 1. The first-order valence-electron chi connectivity index (χ1n) is 8.08. The van der Waals surface area contributed by atoms with Gasteiger partial charge in [-0.3, -0.25) is 9.59 Å². The second kappa shape index (κ2) is 8.18. The number of carbonyl (C=O) groups is 2. The molecule has 1 aromatic carbocycles. The summed E-state index contributed by atoms with van der Waals surface area (Å²) < 4.78 is 26.6. The largest absolute Gasteiger partial charge is 0.481 e. The van der Waals surface area contributed by atoms with Crippen LogP contribution in [0.5, 0.6) is 0 Å². The summed E-state index contributed by atoms with van der Waals surface area (Å²) in [5, 5.41) is 10.5. The molecule has 1 aliphatic heterocycles. The number of hydrogen-bond donors (Lipinski definition) is 1. The molecule has 3 rings (SSSR count). The van der Waals surface area contributed by atoms with Crippen LogP contribution < -0.4 is 0 Å². The van der Waals surface area contributed by atoms with Gasteiger partial charge in [0.1, 0.15) is 5.25 Å². The highest BCUT2D eigenvalue weighted by Gasteiger charge is 2.31. The Bertz CT molecular complexity index is 825. The van der Waals surface area contributed by atoms with E-state index < -0.39 is 17.6 Å². The van der Waals surface area contributed by atoms with Gasteiger partial charge in [0.05, 0.1) is 6.42 Å². The van der Waals surface area contributed by atoms with E-state index >= 15 is 0 Å². The number of aryl methyl sites for hydroxylation is 1. The summed E-state index contributed by atoms with van der Waals surface area (Å²) >= 11 is 3.15. The zero-order valence-corrected chi connectivity index (χ0v) is 15.4. The van der Waals surface area contributed by atoms with Crippen molar-refractivity contribution in [2.75, 3.05) is 12.3 Å². The lowest BCUT2D eigenvalue weighted by Crippen LogP contribution is -2.36. The Morgan fingerprint density at radius 3 is 2.77 bits per heavy atom. The average Bonchev–Trinajstić information content (AvgIpc) is 3.09. The minimum Gasteiger partial charge on any atom is -0.481 e. The van der Waals surface area contributed by atoms with Crippen molar-refractivity contribution in [3.05, 3.63) is 57.3 Å². The van der Waals surface area contributed by atoms with Gasteiger partial charge in [-0.15, -0.1) is 23.1 Å². The molecule has 4 nitrogen and oxygen atoms in total. The standard InChI is InChI=1S/C18H17F2NO3S2/c19-13-2-1-11(9-14(13)20)10-21(6-3-16(22)23)18(24)17-12-4-7-25-15(12)5-8-26-17/h1-2,4,7,9,17H,3,5-6,8,10H2,(H,22,23). The van der Waals surface area contributed by atoms with Crippen molar-refractivity contribution in [2.45, 2.75) is 24.6 Å². The number of nitrogens with zero attached hydrogens (tertiary/aromatic N) is 1. The molecule has 0 aliphatic carbocycles. The summed E-state index contributed by atoms with van der Waals surface area (Å²) in [6.45, 7) is 0.0591. The Labute approximate surface area is 157 Å². The van der Waals surface area contributed by atoms with Crippen molar-refractivity contribution in [2.24, 2.45) is 0 Å². The van der Waals surface area contributed by atoms with E-state index in [1.807, 2.05) is 11.4 Å². The van der Waals surface area contributed by atoms with Crippen molar-refractivity contribution >= 4 is 35.0 Å². The van der Waals surface area contributed by atoms with Gasteiger partial charge in [-0.25, -0.2) is 8.78 Å². The molecule has 1 atom stereocenters. The topological polar surface area (TPSA) is 57.6 Å². The number of carboxylic acids is 1. The van der Waals surface area contributed by atoms with Crippen LogP contribution in [0.4, 0.5) is 8.78 Å². The highest BCUT2D eigenvalue weighted by atomic mass is 32.2. The van der Waals surface area contributed by atoms with Crippen molar-refractivity contribution in [1.29, 1.82) is 0 Å². The third kappa shape index (κ3) is 4.24.